The van der Waals surface area contributed by atoms with Gasteiger partial charge in [-0.15, -0.1) is 0 Å². The molecule has 21 heavy (non-hydrogen) atoms. The van der Waals surface area contributed by atoms with Gasteiger partial charge in [-0.05, 0) is 42.8 Å². The second-order valence-corrected chi connectivity index (χ2v) is 4.65. The highest BCUT2D eigenvalue weighted by atomic mass is 16.5. The number of anilines is 1. The smallest absolute Gasteiger partial charge is 0.203 e. The minimum absolute atomic E-state index is 0.0663. The number of ether oxygens (including phenoxy) is 2. The molecule has 0 radical (unpaired) electrons. The number of carbonyl (C=O) groups excluding carboxylic acids is 1. The Kier molecular flexibility index (Phi) is 4.82. The minimum Gasteiger partial charge on any atom is -0.497 e. The van der Waals surface area contributed by atoms with E-state index in [1.54, 1.807) is 43.5 Å². The summed E-state index contributed by atoms with van der Waals surface area (Å²) in [7, 11) is 1.59. The van der Waals surface area contributed by atoms with Gasteiger partial charge in [-0.1, -0.05) is 19.1 Å². The summed E-state index contributed by atoms with van der Waals surface area (Å²) in [4.78, 5) is 12.5. The first-order valence-corrected chi connectivity index (χ1v) is 6.85. The van der Waals surface area contributed by atoms with Gasteiger partial charge >= 0.3 is 0 Å². The number of rotatable bonds is 6. The topological polar surface area (TPSA) is 61.5 Å². The molecule has 1 atom stereocenters. The van der Waals surface area contributed by atoms with Crippen LogP contribution >= 0.6 is 0 Å². The molecule has 0 bridgehead atoms. The van der Waals surface area contributed by atoms with Crippen molar-refractivity contribution in [2.45, 2.75) is 19.4 Å². The number of benzene rings is 2. The van der Waals surface area contributed by atoms with Crippen molar-refractivity contribution in [1.29, 1.82) is 0 Å². The van der Waals surface area contributed by atoms with Gasteiger partial charge in [0.15, 0.2) is 6.10 Å². The fourth-order valence-corrected chi connectivity index (χ4v) is 2.00. The summed E-state index contributed by atoms with van der Waals surface area (Å²) >= 11 is 0. The number of hydrogen-bond acceptors (Lipinski definition) is 4. The van der Waals surface area contributed by atoms with Crippen molar-refractivity contribution in [3.63, 3.8) is 0 Å². The predicted octanol–water partition coefficient (Wildman–Crippen LogP) is 3.32. The molecule has 0 spiro atoms. The molecular weight excluding hydrogens is 266 g/mol. The van der Waals surface area contributed by atoms with Crippen molar-refractivity contribution in [3.05, 3.63) is 54.1 Å². The average Bonchev–Trinajstić information content (AvgIpc) is 2.53. The molecule has 0 aliphatic rings. The summed E-state index contributed by atoms with van der Waals surface area (Å²) in [6, 6.07) is 14.2. The third-order valence-corrected chi connectivity index (χ3v) is 3.23. The Bertz CT molecular complexity index is 608. The van der Waals surface area contributed by atoms with E-state index in [2.05, 4.69) is 0 Å². The summed E-state index contributed by atoms with van der Waals surface area (Å²) in [6.07, 6.45) is 0.0160. The average molecular weight is 285 g/mol. The molecule has 0 fully saturated rings. The number of nitrogens with two attached hydrogens (primary N) is 1. The zero-order valence-electron chi connectivity index (χ0n) is 12.2. The summed E-state index contributed by atoms with van der Waals surface area (Å²) in [5.74, 6) is 1.18. The van der Waals surface area contributed by atoms with Gasteiger partial charge in [-0.3, -0.25) is 4.79 Å². The Hall–Kier alpha value is -2.49. The van der Waals surface area contributed by atoms with Gasteiger partial charge in [0, 0.05) is 5.56 Å². The Morgan fingerprint density at radius 3 is 2.38 bits per heavy atom. The lowest BCUT2D eigenvalue weighted by molar-refractivity contribution is 0.0788. The molecule has 0 saturated heterocycles. The molecule has 2 aromatic carbocycles. The van der Waals surface area contributed by atoms with Crippen molar-refractivity contribution >= 4 is 11.5 Å². The summed E-state index contributed by atoms with van der Waals surface area (Å²) in [5.41, 5.74) is 6.97. The molecule has 2 rings (SSSR count). The van der Waals surface area contributed by atoms with E-state index in [4.69, 9.17) is 15.2 Å². The second kappa shape index (κ2) is 6.79. The highest BCUT2D eigenvalue weighted by Gasteiger charge is 2.20. The molecule has 0 aliphatic carbocycles. The molecule has 0 aromatic heterocycles. The number of methoxy groups -OCH3 is 1. The zero-order chi connectivity index (χ0) is 15.2. The maximum atomic E-state index is 12.5. The Balaban J connectivity index is 2.16. The third kappa shape index (κ3) is 3.54. The van der Waals surface area contributed by atoms with Gasteiger partial charge in [0.2, 0.25) is 5.78 Å². The van der Waals surface area contributed by atoms with Crippen LogP contribution < -0.4 is 15.2 Å². The molecule has 0 aliphatic heterocycles. The number of para-hydroxylation sites is 2. The van der Waals surface area contributed by atoms with Crippen molar-refractivity contribution < 1.29 is 14.3 Å². The Labute approximate surface area is 124 Å². The van der Waals surface area contributed by atoms with E-state index in [9.17, 15) is 4.79 Å². The fraction of sp³-hybridized carbons (Fsp3) is 0.235. The number of carbonyl (C=O) groups is 1. The molecule has 0 saturated carbocycles. The molecule has 2 N–H and O–H groups in total. The van der Waals surface area contributed by atoms with Gasteiger partial charge in [0.25, 0.3) is 0 Å². The van der Waals surface area contributed by atoms with E-state index in [-0.39, 0.29) is 5.78 Å². The number of hydrogen-bond donors (Lipinski definition) is 1. The van der Waals surface area contributed by atoms with Gasteiger partial charge in [-0.2, -0.15) is 0 Å². The molecule has 0 heterocycles. The number of Topliss-reactive ketones (excluding diaryl/α,β-unsaturated/α-hetero) is 1. The van der Waals surface area contributed by atoms with Gasteiger partial charge in [0.05, 0.1) is 12.8 Å². The minimum atomic E-state index is -0.553. The van der Waals surface area contributed by atoms with Crippen LogP contribution in [0.5, 0.6) is 11.5 Å². The fourth-order valence-electron chi connectivity index (χ4n) is 2.00. The molecule has 110 valence electrons. The second-order valence-electron chi connectivity index (χ2n) is 4.65. The lowest BCUT2D eigenvalue weighted by atomic mass is 10.0. The molecule has 1 unspecified atom stereocenters. The van der Waals surface area contributed by atoms with E-state index < -0.39 is 6.10 Å². The maximum absolute atomic E-state index is 12.5. The molecular formula is C17H19NO3. The van der Waals surface area contributed by atoms with Gasteiger partial charge in [0.1, 0.15) is 11.5 Å². The van der Waals surface area contributed by atoms with Crippen molar-refractivity contribution in [2.75, 3.05) is 12.8 Å². The number of ketones is 1. The summed E-state index contributed by atoms with van der Waals surface area (Å²) in [6.45, 7) is 1.91. The molecule has 4 nitrogen and oxygen atoms in total. The van der Waals surface area contributed by atoms with E-state index in [1.165, 1.54) is 0 Å². The van der Waals surface area contributed by atoms with E-state index >= 15 is 0 Å². The Morgan fingerprint density at radius 1 is 1.14 bits per heavy atom. The van der Waals surface area contributed by atoms with Crippen molar-refractivity contribution in [3.8, 4) is 11.5 Å². The largest absolute Gasteiger partial charge is 0.497 e. The third-order valence-electron chi connectivity index (χ3n) is 3.23. The first kappa shape index (κ1) is 14.9. The van der Waals surface area contributed by atoms with Crippen molar-refractivity contribution in [1.82, 2.24) is 0 Å². The van der Waals surface area contributed by atoms with Gasteiger partial charge < -0.3 is 15.2 Å². The first-order chi connectivity index (χ1) is 10.2. The van der Waals surface area contributed by atoms with Crippen LogP contribution in [0, 0.1) is 0 Å². The predicted molar refractivity (Wildman–Crippen MR) is 82.9 cm³/mol. The normalized spacial score (nSPS) is 11.7. The Morgan fingerprint density at radius 2 is 1.81 bits per heavy atom. The molecule has 4 heteroatoms. The van der Waals surface area contributed by atoms with E-state index in [1.807, 2.05) is 19.1 Å². The zero-order valence-corrected chi connectivity index (χ0v) is 12.2. The SMILES string of the molecule is CCC(Oc1ccccc1N)C(=O)c1ccc(OC)cc1. The van der Waals surface area contributed by atoms with Crippen LogP contribution in [0.1, 0.15) is 23.7 Å². The van der Waals surface area contributed by atoms with Crippen LogP contribution in [-0.2, 0) is 0 Å². The highest BCUT2D eigenvalue weighted by Crippen LogP contribution is 2.23. The monoisotopic (exact) mass is 285 g/mol. The molecule has 2 aromatic rings. The van der Waals surface area contributed by atoms with Crippen LogP contribution in [0.25, 0.3) is 0 Å². The van der Waals surface area contributed by atoms with Crippen LogP contribution in [0.2, 0.25) is 0 Å². The van der Waals surface area contributed by atoms with Crippen LogP contribution in [0.15, 0.2) is 48.5 Å². The lowest BCUT2D eigenvalue weighted by Gasteiger charge is -2.17. The molecule has 0 amide bonds. The number of nitrogen functional groups attached to an aromatic ring is 1. The van der Waals surface area contributed by atoms with E-state index in [0.29, 0.717) is 29.2 Å². The quantitative estimate of drug-likeness (QED) is 0.653. The summed E-state index contributed by atoms with van der Waals surface area (Å²) in [5, 5.41) is 0. The van der Waals surface area contributed by atoms with Crippen molar-refractivity contribution in [2.24, 2.45) is 0 Å². The van der Waals surface area contributed by atoms with Crippen LogP contribution in [0.4, 0.5) is 5.69 Å². The van der Waals surface area contributed by atoms with Crippen LogP contribution in [-0.4, -0.2) is 19.0 Å². The van der Waals surface area contributed by atoms with Crippen LogP contribution in [0.3, 0.4) is 0 Å². The van der Waals surface area contributed by atoms with Gasteiger partial charge in [-0.25, -0.2) is 0 Å². The first-order valence-electron chi connectivity index (χ1n) is 6.85. The summed E-state index contributed by atoms with van der Waals surface area (Å²) < 4.78 is 10.8. The lowest BCUT2D eigenvalue weighted by Crippen LogP contribution is -2.27. The highest BCUT2D eigenvalue weighted by molar-refractivity contribution is 5.99. The maximum Gasteiger partial charge on any atom is 0.203 e. The van der Waals surface area contributed by atoms with E-state index in [0.717, 1.165) is 0 Å². The standard InChI is InChI=1S/C17H19NO3/c1-3-15(21-16-7-5-4-6-14(16)18)17(19)12-8-10-13(20-2)11-9-12/h4-11,15H,3,18H2,1-2H3.